The van der Waals surface area contributed by atoms with Crippen molar-refractivity contribution < 1.29 is 9.53 Å². The van der Waals surface area contributed by atoms with Crippen molar-refractivity contribution in [3.05, 3.63) is 102 Å². The van der Waals surface area contributed by atoms with Crippen LogP contribution in [-0.4, -0.2) is 12.3 Å². The molecule has 0 spiro atoms. The lowest BCUT2D eigenvalue weighted by molar-refractivity contribution is 0.176. The van der Waals surface area contributed by atoms with Gasteiger partial charge in [-0.15, -0.1) is 0 Å². The van der Waals surface area contributed by atoms with Gasteiger partial charge in [-0.05, 0) is 41.7 Å². The van der Waals surface area contributed by atoms with E-state index < -0.39 is 6.23 Å². The predicted molar refractivity (Wildman–Crippen MR) is 117 cm³/mol. The maximum atomic E-state index is 12.6. The third-order valence-corrected chi connectivity index (χ3v) is 4.74. The molecule has 0 saturated carbocycles. The van der Waals surface area contributed by atoms with E-state index in [2.05, 4.69) is 24.5 Å². The van der Waals surface area contributed by atoms with E-state index in [9.17, 15) is 4.79 Å². The lowest BCUT2D eigenvalue weighted by atomic mass is 9.99. The van der Waals surface area contributed by atoms with Gasteiger partial charge in [0, 0.05) is 0 Å². The summed E-state index contributed by atoms with van der Waals surface area (Å²) in [5.74, 6) is 1.20. The van der Waals surface area contributed by atoms with Crippen LogP contribution in [0, 0.1) is 0 Å². The quantitative estimate of drug-likeness (QED) is 0.516. The van der Waals surface area contributed by atoms with Gasteiger partial charge in [0.2, 0.25) is 0 Å². The van der Waals surface area contributed by atoms with Crippen LogP contribution < -0.4 is 15.4 Å². The van der Waals surface area contributed by atoms with Gasteiger partial charge in [-0.25, -0.2) is 4.79 Å². The molecule has 0 bridgehead atoms. The molecular weight excluding hydrogens is 360 g/mol. The number of amides is 2. The molecule has 0 saturated heterocycles. The van der Waals surface area contributed by atoms with E-state index in [1.54, 1.807) is 0 Å². The fourth-order valence-corrected chi connectivity index (χ4v) is 3.17. The first-order valence-corrected chi connectivity index (χ1v) is 9.96. The topological polar surface area (TPSA) is 50.4 Å². The molecule has 0 radical (unpaired) electrons. The van der Waals surface area contributed by atoms with Crippen LogP contribution >= 0.6 is 0 Å². The molecule has 4 heteroatoms. The van der Waals surface area contributed by atoms with Gasteiger partial charge in [0.25, 0.3) is 0 Å². The smallest absolute Gasteiger partial charge is 0.318 e. The van der Waals surface area contributed by atoms with Crippen molar-refractivity contribution in [3.63, 3.8) is 0 Å². The maximum absolute atomic E-state index is 12.6. The molecule has 3 rings (SSSR count). The second-order valence-corrected chi connectivity index (χ2v) is 7.36. The van der Waals surface area contributed by atoms with Crippen molar-refractivity contribution in [2.75, 3.05) is 0 Å². The summed E-state index contributed by atoms with van der Waals surface area (Å²) >= 11 is 0. The summed E-state index contributed by atoms with van der Waals surface area (Å²) in [6.07, 6.45) is -0.466. The fourth-order valence-electron chi connectivity index (χ4n) is 3.17. The van der Waals surface area contributed by atoms with E-state index in [4.69, 9.17) is 4.74 Å². The molecule has 150 valence electrons. The zero-order chi connectivity index (χ0) is 20.6. The lowest BCUT2D eigenvalue weighted by Gasteiger charge is -2.22. The highest BCUT2D eigenvalue weighted by atomic mass is 16.5. The summed E-state index contributed by atoms with van der Waals surface area (Å²) in [6.45, 7) is 6.12. The molecule has 0 aliphatic carbocycles. The summed E-state index contributed by atoms with van der Waals surface area (Å²) < 4.78 is 5.84. The second-order valence-electron chi connectivity index (χ2n) is 7.36. The fraction of sp³-hybridized carbons (Fsp3) is 0.240. The van der Waals surface area contributed by atoms with Gasteiger partial charge in [0.1, 0.15) is 5.75 Å². The zero-order valence-corrected chi connectivity index (χ0v) is 17.1. The van der Waals surface area contributed by atoms with Crippen LogP contribution in [0.15, 0.2) is 84.9 Å². The molecule has 1 atom stereocenters. The van der Waals surface area contributed by atoms with E-state index in [-0.39, 0.29) is 12.1 Å². The monoisotopic (exact) mass is 388 g/mol. The first-order chi connectivity index (χ1) is 14.0. The van der Waals surface area contributed by atoms with Crippen LogP contribution in [-0.2, 0) is 0 Å². The SMILES string of the molecule is CC(NC(=O)NC(c1ccccc1)c1ccccc1)Oc1ccc(C(C)C)cc1. The molecule has 2 N–H and O–H groups in total. The molecule has 1 unspecified atom stereocenters. The Morgan fingerprint density at radius 2 is 1.21 bits per heavy atom. The molecule has 29 heavy (non-hydrogen) atoms. The van der Waals surface area contributed by atoms with Crippen LogP contribution in [0.3, 0.4) is 0 Å². The minimum absolute atomic E-state index is 0.241. The van der Waals surface area contributed by atoms with Gasteiger partial charge in [-0.3, -0.25) is 0 Å². The Bertz CT molecular complexity index is 854. The largest absolute Gasteiger partial charge is 0.471 e. The minimum Gasteiger partial charge on any atom is -0.471 e. The minimum atomic E-state index is -0.466. The highest BCUT2D eigenvalue weighted by molar-refractivity contribution is 5.75. The molecular formula is C25H28N2O2. The van der Waals surface area contributed by atoms with Crippen molar-refractivity contribution in [2.24, 2.45) is 0 Å². The van der Waals surface area contributed by atoms with Crippen molar-refractivity contribution >= 4 is 6.03 Å². The summed E-state index contributed by atoms with van der Waals surface area (Å²) in [7, 11) is 0. The highest BCUT2D eigenvalue weighted by Gasteiger charge is 2.18. The zero-order valence-electron chi connectivity index (χ0n) is 17.1. The molecule has 0 aromatic heterocycles. The van der Waals surface area contributed by atoms with Gasteiger partial charge in [0.05, 0.1) is 6.04 Å². The standard InChI is InChI=1S/C25H28N2O2/c1-18(2)20-14-16-23(17-15-20)29-19(3)26-25(28)27-24(21-10-6-4-7-11-21)22-12-8-5-9-13-22/h4-19,24H,1-3H3,(H2,26,27,28). The average molecular weight is 389 g/mol. The van der Waals surface area contributed by atoms with Crippen LogP contribution in [0.4, 0.5) is 4.79 Å². The van der Waals surface area contributed by atoms with Gasteiger partial charge in [0.15, 0.2) is 6.23 Å². The van der Waals surface area contributed by atoms with Crippen molar-refractivity contribution in [3.8, 4) is 5.75 Å². The Kier molecular flexibility index (Phi) is 6.90. The Labute approximate surface area is 172 Å². The summed E-state index contributed by atoms with van der Waals surface area (Å²) in [5.41, 5.74) is 3.29. The van der Waals surface area contributed by atoms with Gasteiger partial charge in [-0.2, -0.15) is 0 Å². The molecule has 0 aliphatic heterocycles. The van der Waals surface area contributed by atoms with E-state index in [1.165, 1.54) is 5.56 Å². The first-order valence-electron chi connectivity index (χ1n) is 9.96. The number of carbonyl (C=O) groups is 1. The number of urea groups is 1. The van der Waals surface area contributed by atoms with Crippen molar-refractivity contribution in [1.29, 1.82) is 0 Å². The van der Waals surface area contributed by atoms with E-state index in [0.29, 0.717) is 5.92 Å². The van der Waals surface area contributed by atoms with Gasteiger partial charge in [-0.1, -0.05) is 86.6 Å². The summed E-state index contributed by atoms with van der Waals surface area (Å²) in [5, 5.41) is 5.92. The van der Waals surface area contributed by atoms with Crippen molar-refractivity contribution in [2.45, 2.75) is 39.0 Å². The molecule has 0 heterocycles. The number of carbonyl (C=O) groups excluding carboxylic acids is 1. The van der Waals surface area contributed by atoms with E-state index in [1.807, 2.05) is 91.9 Å². The average Bonchev–Trinajstić information content (AvgIpc) is 2.73. The van der Waals surface area contributed by atoms with Gasteiger partial charge < -0.3 is 15.4 Å². The normalized spacial score (nSPS) is 11.9. The number of benzene rings is 3. The molecule has 2 amide bonds. The Morgan fingerprint density at radius 1 is 0.690 bits per heavy atom. The van der Waals surface area contributed by atoms with E-state index >= 15 is 0 Å². The number of hydrogen-bond acceptors (Lipinski definition) is 2. The highest BCUT2D eigenvalue weighted by Crippen LogP contribution is 2.22. The predicted octanol–water partition coefficient (Wildman–Crippen LogP) is 5.62. The summed E-state index contributed by atoms with van der Waals surface area (Å²) in [6, 6.07) is 27.3. The number of ether oxygens (including phenoxy) is 1. The first kappa shape index (κ1) is 20.5. The third kappa shape index (κ3) is 5.85. The Morgan fingerprint density at radius 3 is 1.69 bits per heavy atom. The number of hydrogen-bond donors (Lipinski definition) is 2. The van der Waals surface area contributed by atoms with Crippen molar-refractivity contribution in [1.82, 2.24) is 10.6 Å². The van der Waals surface area contributed by atoms with E-state index in [0.717, 1.165) is 16.9 Å². The molecule has 3 aromatic rings. The van der Waals surface area contributed by atoms with Crippen LogP contribution in [0.25, 0.3) is 0 Å². The lowest BCUT2D eigenvalue weighted by Crippen LogP contribution is -2.44. The molecule has 0 fully saturated rings. The summed E-state index contributed by atoms with van der Waals surface area (Å²) in [4.78, 5) is 12.6. The second kappa shape index (κ2) is 9.78. The maximum Gasteiger partial charge on any atom is 0.318 e. The van der Waals surface area contributed by atoms with Crippen LogP contribution in [0.5, 0.6) is 5.75 Å². The number of rotatable bonds is 7. The third-order valence-electron chi connectivity index (χ3n) is 4.74. The Balaban J connectivity index is 1.64. The Hall–Kier alpha value is -3.27. The number of nitrogens with one attached hydrogen (secondary N) is 2. The van der Waals surface area contributed by atoms with Gasteiger partial charge >= 0.3 is 6.03 Å². The molecule has 0 aliphatic rings. The van der Waals surface area contributed by atoms with Crippen LogP contribution in [0.1, 0.15) is 49.4 Å². The molecule has 3 aromatic carbocycles. The molecule has 4 nitrogen and oxygen atoms in total. The van der Waals surface area contributed by atoms with Crippen LogP contribution in [0.2, 0.25) is 0 Å².